The number of aromatic nitrogens is 2. The zero-order valence-electron chi connectivity index (χ0n) is 20.6. The number of carbonyl (C=O) groups is 1. The van der Waals surface area contributed by atoms with Gasteiger partial charge in [-0.05, 0) is 67.0 Å². The highest BCUT2D eigenvalue weighted by Crippen LogP contribution is 2.34. The van der Waals surface area contributed by atoms with Crippen LogP contribution in [0.25, 0.3) is 11.1 Å². The van der Waals surface area contributed by atoms with E-state index >= 15 is 0 Å². The number of amides is 1. The molecule has 0 fully saturated rings. The number of aromatic amines is 1. The summed E-state index contributed by atoms with van der Waals surface area (Å²) in [5, 5.41) is 13.6. The number of carbonyl (C=O) groups excluding carboxylic acids is 1. The maximum Gasteiger partial charge on any atom is 0.252 e. The van der Waals surface area contributed by atoms with Gasteiger partial charge >= 0.3 is 0 Å². The van der Waals surface area contributed by atoms with E-state index in [1.165, 1.54) is 10.4 Å². The van der Waals surface area contributed by atoms with Gasteiger partial charge in [0.1, 0.15) is 11.9 Å². The van der Waals surface area contributed by atoms with E-state index < -0.39 is 6.04 Å². The molecular formula is C27H29ClN6OS. The van der Waals surface area contributed by atoms with Crippen molar-refractivity contribution in [2.24, 2.45) is 15.0 Å². The smallest absolute Gasteiger partial charge is 0.252 e. The number of fused-ring (bicyclic) bond motifs is 1. The number of hydrogen-bond acceptors (Lipinski definition) is 5. The predicted octanol–water partition coefficient (Wildman–Crippen LogP) is 5.43. The molecule has 3 aromatic rings. The van der Waals surface area contributed by atoms with Crippen LogP contribution in [0.1, 0.15) is 55.2 Å². The first-order valence-electron chi connectivity index (χ1n) is 12.2. The van der Waals surface area contributed by atoms with E-state index in [1.54, 1.807) is 17.6 Å². The maximum absolute atomic E-state index is 12.3. The minimum absolute atomic E-state index is 0.191. The van der Waals surface area contributed by atoms with Crippen molar-refractivity contribution in [3.8, 4) is 11.1 Å². The summed E-state index contributed by atoms with van der Waals surface area (Å²) in [4.78, 5) is 27.6. The Balaban J connectivity index is 1.62. The largest absolute Gasteiger partial charge is 0.365 e. The number of aryl methyl sites for hydroxylation is 1. The summed E-state index contributed by atoms with van der Waals surface area (Å²) in [6.45, 7) is 6.48. The molecule has 5 rings (SSSR count). The van der Waals surface area contributed by atoms with Gasteiger partial charge in [-0.2, -0.15) is 10.1 Å². The van der Waals surface area contributed by atoms with Gasteiger partial charge in [-0.3, -0.25) is 14.9 Å². The summed E-state index contributed by atoms with van der Waals surface area (Å²) in [7, 11) is 0. The van der Waals surface area contributed by atoms with Gasteiger partial charge < -0.3 is 5.32 Å². The van der Waals surface area contributed by atoms with Crippen LogP contribution in [0.3, 0.4) is 0 Å². The topological polar surface area (TPSA) is 94.9 Å². The minimum atomic E-state index is -0.429. The van der Waals surface area contributed by atoms with Crippen LogP contribution in [0.4, 0.5) is 0 Å². The number of hydrogen-bond donors (Lipinski definition) is 2. The lowest BCUT2D eigenvalue weighted by atomic mass is 9.87. The van der Waals surface area contributed by atoms with Crippen molar-refractivity contribution in [1.29, 1.82) is 0 Å². The number of H-pyrrole nitrogens is 1. The highest BCUT2D eigenvalue weighted by molar-refractivity contribution is 7.10. The van der Waals surface area contributed by atoms with Gasteiger partial charge in [0.25, 0.3) is 5.91 Å². The summed E-state index contributed by atoms with van der Waals surface area (Å²) >= 11 is 8.09. The van der Waals surface area contributed by atoms with Gasteiger partial charge in [-0.25, -0.2) is 4.99 Å². The van der Waals surface area contributed by atoms with Crippen molar-refractivity contribution in [2.75, 3.05) is 0 Å². The standard InChI is InChI=1S/C27H29ClN6OS/c1-4-5-23-20(21(15-36-23)17-13-30-31-14-17)11-22(26-29-9-8-24(35)33-26)32-25-19-7-6-18(28)10-16(19)12-27(2,3)34-25/h6-7,9-10,13-15,22H,4-5,8,11-12H2,1-3H3,(H,30,31)(H,32,34). The van der Waals surface area contributed by atoms with Crippen molar-refractivity contribution < 1.29 is 4.79 Å². The van der Waals surface area contributed by atoms with Crippen LogP contribution in [-0.2, 0) is 24.1 Å². The third kappa shape index (κ3) is 5.20. The van der Waals surface area contributed by atoms with Gasteiger partial charge in [0, 0.05) is 45.4 Å². The molecule has 9 heteroatoms. The van der Waals surface area contributed by atoms with Crippen LogP contribution in [-0.4, -0.2) is 45.6 Å². The lowest BCUT2D eigenvalue weighted by Crippen LogP contribution is -2.50. The molecule has 2 N–H and O–H groups in total. The molecule has 0 saturated carbocycles. The molecule has 2 aromatic heterocycles. The van der Waals surface area contributed by atoms with Crippen LogP contribution < -0.4 is 5.32 Å². The van der Waals surface area contributed by atoms with E-state index in [9.17, 15) is 4.79 Å². The summed E-state index contributed by atoms with van der Waals surface area (Å²) in [6, 6.07) is 5.48. The molecule has 1 unspecified atom stereocenters. The number of nitrogens with zero attached hydrogens (tertiary/aromatic N) is 4. The van der Waals surface area contributed by atoms with Gasteiger partial charge in [-0.15, -0.1) is 11.3 Å². The molecule has 1 amide bonds. The van der Waals surface area contributed by atoms with Crippen LogP contribution in [0.2, 0.25) is 5.02 Å². The molecule has 0 radical (unpaired) electrons. The lowest BCUT2D eigenvalue weighted by Gasteiger charge is -2.35. The van der Waals surface area contributed by atoms with E-state index in [4.69, 9.17) is 16.6 Å². The van der Waals surface area contributed by atoms with E-state index in [0.717, 1.165) is 47.4 Å². The first-order chi connectivity index (χ1) is 17.3. The average Bonchev–Trinajstić information content (AvgIpc) is 3.48. The highest BCUT2D eigenvalue weighted by atomic mass is 35.5. The fourth-order valence-electron chi connectivity index (χ4n) is 4.80. The van der Waals surface area contributed by atoms with Crippen molar-refractivity contribution >= 4 is 46.7 Å². The van der Waals surface area contributed by atoms with Gasteiger partial charge in [0.15, 0.2) is 5.84 Å². The number of benzene rings is 1. The van der Waals surface area contributed by atoms with Crippen molar-refractivity contribution in [3.05, 3.63) is 62.6 Å². The zero-order valence-corrected chi connectivity index (χ0v) is 22.2. The van der Waals surface area contributed by atoms with E-state index in [-0.39, 0.29) is 17.9 Å². The fourth-order valence-corrected chi connectivity index (χ4v) is 6.19. The first-order valence-corrected chi connectivity index (χ1v) is 13.5. The Labute approximate surface area is 219 Å². The molecule has 0 aliphatic carbocycles. The maximum atomic E-state index is 12.3. The van der Waals surface area contributed by atoms with Crippen LogP contribution in [0.5, 0.6) is 0 Å². The van der Waals surface area contributed by atoms with Gasteiger partial charge in [-0.1, -0.05) is 24.9 Å². The fraction of sp³-hybridized carbons (Fsp3) is 0.370. The molecule has 0 bridgehead atoms. The van der Waals surface area contributed by atoms with Crippen molar-refractivity contribution in [2.45, 2.75) is 64.5 Å². The van der Waals surface area contributed by atoms with Gasteiger partial charge in [0.05, 0.1) is 12.6 Å². The Hall–Kier alpha value is -3.10. The third-order valence-electron chi connectivity index (χ3n) is 6.39. The molecule has 2 aliphatic rings. The third-order valence-corrected chi connectivity index (χ3v) is 7.71. The molecule has 36 heavy (non-hydrogen) atoms. The quantitative estimate of drug-likeness (QED) is 0.435. The second-order valence-corrected chi connectivity index (χ2v) is 11.3. The number of halogens is 1. The second-order valence-electron chi connectivity index (χ2n) is 9.85. The zero-order chi connectivity index (χ0) is 25.3. The highest BCUT2D eigenvalue weighted by Gasteiger charge is 2.31. The van der Waals surface area contributed by atoms with Crippen molar-refractivity contribution in [1.82, 2.24) is 15.5 Å². The monoisotopic (exact) mass is 520 g/mol. The SMILES string of the molecule is CCCc1scc(-c2cn[nH]c2)c1CC(N=C1NC(C)(C)Cc2cc(Cl)ccc21)C1=NC(=O)CC=N1. The average molecular weight is 521 g/mol. The number of rotatable bonds is 7. The van der Waals surface area contributed by atoms with Crippen LogP contribution >= 0.6 is 22.9 Å². The molecule has 0 spiro atoms. The Kier molecular flexibility index (Phi) is 6.90. The normalized spacial score (nSPS) is 18.6. The minimum Gasteiger partial charge on any atom is -0.365 e. The second kappa shape index (κ2) is 10.1. The number of aliphatic imine (C=N–C) groups is 3. The molecule has 4 heterocycles. The van der Waals surface area contributed by atoms with Crippen molar-refractivity contribution in [3.63, 3.8) is 0 Å². The molecule has 1 aromatic carbocycles. The molecule has 186 valence electrons. The molecule has 2 aliphatic heterocycles. The van der Waals surface area contributed by atoms with E-state index in [1.807, 2.05) is 30.6 Å². The Bertz CT molecular complexity index is 1370. The molecule has 7 nitrogen and oxygen atoms in total. The Morgan fingerprint density at radius 3 is 2.89 bits per heavy atom. The molecule has 0 saturated heterocycles. The van der Waals surface area contributed by atoms with Crippen LogP contribution in [0, 0.1) is 0 Å². The van der Waals surface area contributed by atoms with E-state index in [2.05, 4.69) is 51.7 Å². The molecular weight excluding hydrogens is 492 g/mol. The summed E-state index contributed by atoms with van der Waals surface area (Å²) in [5.41, 5.74) is 5.35. The number of amidine groups is 2. The van der Waals surface area contributed by atoms with Crippen LogP contribution in [0.15, 0.2) is 51.0 Å². The summed E-state index contributed by atoms with van der Waals surface area (Å²) in [5.74, 6) is 1.03. The lowest BCUT2D eigenvalue weighted by molar-refractivity contribution is -0.116. The Morgan fingerprint density at radius 1 is 1.28 bits per heavy atom. The molecule has 1 atom stereocenters. The predicted molar refractivity (Wildman–Crippen MR) is 148 cm³/mol. The number of thiophene rings is 1. The van der Waals surface area contributed by atoms with Gasteiger partial charge in [0.2, 0.25) is 0 Å². The Morgan fingerprint density at radius 2 is 2.14 bits per heavy atom. The van der Waals surface area contributed by atoms with E-state index in [0.29, 0.717) is 17.3 Å². The first kappa shape index (κ1) is 24.6. The number of nitrogens with one attached hydrogen (secondary N) is 2. The summed E-state index contributed by atoms with van der Waals surface area (Å²) < 4.78 is 0. The summed E-state index contributed by atoms with van der Waals surface area (Å²) in [6.07, 6.45) is 9.04.